The van der Waals surface area contributed by atoms with Gasteiger partial charge in [0.1, 0.15) is 12.2 Å². The second-order valence-corrected chi connectivity index (χ2v) is 7.07. The van der Waals surface area contributed by atoms with Gasteiger partial charge in [-0.15, -0.1) is 0 Å². The number of hydrogen-bond acceptors (Lipinski definition) is 6. The number of non-ortho nitro benzene ring substituents is 1. The van der Waals surface area contributed by atoms with Crippen molar-refractivity contribution in [3.63, 3.8) is 0 Å². The molecule has 0 unspecified atom stereocenters. The molecule has 0 atom stereocenters. The van der Waals surface area contributed by atoms with Crippen LogP contribution in [0.1, 0.15) is 11.1 Å². The van der Waals surface area contributed by atoms with Crippen LogP contribution in [-0.4, -0.2) is 23.8 Å². The number of benzene rings is 3. The number of amides is 2. The number of rotatable bonds is 7. The highest BCUT2D eigenvalue weighted by molar-refractivity contribution is 6.31. The van der Waals surface area contributed by atoms with Gasteiger partial charge in [0.05, 0.1) is 17.7 Å². The molecule has 0 radical (unpaired) electrons. The first-order valence-corrected chi connectivity index (χ1v) is 9.93. The van der Waals surface area contributed by atoms with Crippen molar-refractivity contribution >= 4 is 29.3 Å². The summed E-state index contributed by atoms with van der Waals surface area (Å²) in [5, 5.41) is 12.0. The van der Waals surface area contributed by atoms with Gasteiger partial charge in [-0.2, -0.15) is 0 Å². The van der Waals surface area contributed by atoms with E-state index in [0.29, 0.717) is 28.3 Å². The minimum Gasteiger partial charge on any atom is -0.493 e. The van der Waals surface area contributed by atoms with Crippen LogP contribution in [0.3, 0.4) is 0 Å². The minimum absolute atomic E-state index is 0.0183. The number of anilines is 1. The van der Waals surface area contributed by atoms with E-state index in [1.54, 1.807) is 54.6 Å². The molecule has 0 aliphatic carbocycles. The number of nitrogens with one attached hydrogen (secondary N) is 1. The van der Waals surface area contributed by atoms with E-state index in [4.69, 9.17) is 9.47 Å². The van der Waals surface area contributed by atoms with E-state index >= 15 is 0 Å². The topological polar surface area (TPSA) is 111 Å². The van der Waals surface area contributed by atoms with Crippen LogP contribution >= 0.6 is 0 Å². The summed E-state index contributed by atoms with van der Waals surface area (Å²) in [6.45, 7) is 0.102. The largest absolute Gasteiger partial charge is 0.493 e. The molecule has 0 bridgehead atoms. The first-order chi connectivity index (χ1) is 16.0. The number of nitro benzene ring substituents is 1. The normalized spacial score (nSPS) is 14.3. The molecule has 1 N–H and O–H groups in total. The summed E-state index contributed by atoms with van der Waals surface area (Å²) in [5.74, 6) is -0.273. The summed E-state index contributed by atoms with van der Waals surface area (Å²) in [6.07, 6.45) is 1.45. The first-order valence-electron chi connectivity index (χ1n) is 9.93. The van der Waals surface area contributed by atoms with Gasteiger partial charge >= 0.3 is 0 Å². The third-order valence-corrected chi connectivity index (χ3v) is 4.97. The van der Waals surface area contributed by atoms with Gasteiger partial charge in [0.25, 0.3) is 17.5 Å². The summed E-state index contributed by atoms with van der Waals surface area (Å²) in [4.78, 5) is 35.8. The predicted molar refractivity (Wildman–Crippen MR) is 120 cm³/mol. The SMILES string of the molecule is COc1cccc(/C=C2/C(=O)NN(c3ccccc3)C2=O)c1OCc1ccc([N+](=O)[O-])cc1. The van der Waals surface area contributed by atoms with Crippen LogP contribution in [0, 0.1) is 10.1 Å². The summed E-state index contributed by atoms with van der Waals surface area (Å²) in [5.41, 5.74) is 4.21. The number of para-hydroxylation sites is 2. The van der Waals surface area contributed by atoms with Crippen molar-refractivity contribution in [2.75, 3.05) is 12.1 Å². The smallest absolute Gasteiger partial charge is 0.282 e. The molecule has 1 heterocycles. The monoisotopic (exact) mass is 445 g/mol. The molecular weight excluding hydrogens is 426 g/mol. The van der Waals surface area contributed by atoms with Gasteiger partial charge in [-0.1, -0.05) is 30.3 Å². The molecule has 1 saturated heterocycles. The lowest BCUT2D eigenvalue weighted by atomic mass is 10.1. The Morgan fingerprint density at radius 3 is 2.39 bits per heavy atom. The maximum absolute atomic E-state index is 12.9. The Kier molecular flexibility index (Phi) is 6.03. The van der Waals surface area contributed by atoms with Crippen molar-refractivity contribution in [2.45, 2.75) is 6.61 Å². The number of carbonyl (C=O) groups excluding carboxylic acids is 2. The quantitative estimate of drug-likeness (QED) is 0.257. The van der Waals surface area contributed by atoms with E-state index in [0.717, 1.165) is 0 Å². The molecule has 0 saturated carbocycles. The zero-order valence-corrected chi connectivity index (χ0v) is 17.6. The van der Waals surface area contributed by atoms with Crippen molar-refractivity contribution in [1.29, 1.82) is 0 Å². The highest BCUT2D eigenvalue weighted by Crippen LogP contribution is 2.34. The number of hydrogen-bond donors (Lipinski definition) is 1. The van der Waals surface area contributed by atoms with E-state index in [1.165, 1.54) is 30.3 Å². The number of methoxy groups -OCH3 is 1. The van der Waals surface area contributed by atoms with Crippen molar-refractivity contribution < 1.29 is 24.0 Å². The molecule has 2 amide bonds. The summed E-state index contributed by atoms with van der Waals surface area (Å²) in [6, 6.07) is 19.9. The van der Waals surface area contributed by atoms with Gasteiger partial charge < -0.3 is 9.47 Å². The van der Waals surface area contributed by atoms with E-state index in [2.05, 4.69) is 5.43 Å². The van der Waals surface area contributed by atoms with Crippen LogP contribution in [-0.2, 0) is 16.2 Å². The highest BCUT2D eigenvalue weighted by atomic mass is 16.6. The van der Waals surface area contributed by atoms with Crippen molar-refractivity contribution in [3.05, 3.63) is 99.6 Å². The molecule has 4 rings (SSSR count). The van der Waals surface area contributed by atoms with Crippen LogP contribution in [0.4, 0.5) is 11.4 Å². The standard InChI is InChI=1S/C24H19N3O6/c1-32-21-9-5-6-17(22(21)33-15-16-10-12-19(13-11-16)27(30)31)14-20-23(28)25-26(24(20)29)18-7-3-2-4-8-18/h2-14H,15H2,1H3,(H,25,28)/b20-14-. The molecule has 9 heteroatoms. The van der Waals surface area contributed by atoms with Crippen molar-refractivity contribution in [3.8, 4) is 11.5 Å². The second-order valence-electron chi connectivity index (χ2n) is 7.07. The third kappa shape index (κ3) is 4.52. The van der Waals surface area contributed by atoms with Gasteiger partial charge in [0.15, 0.2) is 11.5 Å². The summed E-state index contributed by atoms with van der Waals surface area (Å²) in [7, 11) is 1.48. The number of hydrazine groups is 1. The summed E-state index contributed by atoms with van der Waals surface area (Å²) < 4.78 is 11.3. The van der Waals surface area contributed by atoms with E-state index in [-0.39, 0.29) is 17.9 Å². The van der Waals surface area contributed by atoms with Crippen LogP contribution in [0.5, 0.6) is 11.5 Å². The first kappa shape index (κ1) is 21.6. The fourth-order valence-corrected chi connectivity index (χ4v) is 3.30. The third-order valence-electron chi connectivity index (χ3n) is 4.97. The van der Waals surface area contributed by atoms with Gasteiger partial charge in [-0.3, -0.25) is 25.1 Å². The van der Waals surface area contributed by atoms with Gasteiger partial charge in [0.2, 0.25) is 0 Å². The number of carbonyl (C=O) groups is 2. The Morgan fingerprint density at radius 2 is 1.73 bits per heavy atom. The Bertz CT molecular complexity index is 1240. The Morgan fingerprint density at radius 1 is 1.00 bits per heavy atom. The molecule has 9 nitrogen and oxygen atoms in total. The lowest BCUT2D eigenvalue weighted by molar-refractivity contribution is -0.384. The predicted octanol–water partition coefficient (Wildman–Crippen LogP) is 3.64. The zero-order valence-electron chi connectivity index (χ0n) is 17.6. The molecule has 3 aromatic carbocycles. The molecular formula is C24H19N3O6. The average Bonchev–Trinajstić information content (AvgIpc) is 3.12. The zero-order chi connectivity index (χ0) is 23.4. The van der Waals surface area contributed by atoms with Crippen LogP contribution < -0.4 is 19.9 Å². The molecule has 0 aromatic heterocycles. The highest BCUT2D eigenvalue weighted by Gasteiger charge is 2.34. The number of nitro groups is 1. The van der Waals surface area contributed by atoms with Crippen LogP contribution in [0.15, 0.2) is 78.4 Å². The van der Waals surface area contributed by atoms with E-state index in [9.17, 15) is 19.7 Å². The molecule has 1 aliphatic rings. The number of nitrogens with zero attached hydrogens (tertiary/aromatic N) is 2. The van der Waals surface area contributed by atoms with E-state index < -0.39 is 16.7 Å². The Balaban J connectivity index is 1.62. The lowest BCUT2D eigenvalue weighted by Gasteiger charge is -2.14. The molecule has 166 valence electrons. The maximum Gasteiger partial charge on any atom is 0.282 e. The number of ether oxygens (including phenoxy) is 2. The fraction of sp³-hybridized carbons (Fsp3) is 0.0833. The Hall–Kier alpha value is -4.66. The maximum atomic E-state index is 12.9. The molecule has 33 heavy (non-hydrogen) atoms. The van der Waals surface area contributed by atoms with E-state index in [1.807, 2.05) is 6.07 Å². The fourth-order valence-electron chi connectivity index (χ4n) is 3.30. The van der Waals surface area contributed by atoms with Gasteiger partial charge in [-0.25, -0.2) is 5.01 Å². The van der Waals surface area contributed by atoms with Gasteiger partial charge in [0, 0.05) is 17.7 Å². The van der Waals surface area contributed by atoms with Gasteiger partial charge in [-0.05, 0) is 42.0 Å². The molecule has 3 aromatic rings. The van der Waals surface area contributed by atoms with Crippen molar-refractivity contribution in [1.82, 2.24) is 5.43 Å². The van der Waals surface area contributed by atoms with Crippen LogP contribution in [0.2, 0.25) is 0 Å². The second kappa shape index (κ2) is 9.23. The molecule has 1 fully saturated rings. The average molecular weight is 445 g/mol. The minimum atomic E-state index is -0.534. The van der Waals surface area contributed by atoms with Crippen molar-refractivity contribution in [2.24, 2.45) is 0 Å². The molecule has 1 aliphatic heterocycles. The van der Waals surface area contributed by atoms with Crippen LogP contribution in [0.25, 0.3) is 6.08 Å². The lowest BCUT2D eigenvalue weighted by Crippen LogP contribution is -2.35. The molecule has 0 spiro atoms. The Labute approximate surface area is 189 Å². The summed E-state index contributed by atoms with van der Waals surface area (Å²) >= 11 is 0.